The number of para-hydroxylation sites is 2. The molecule has 2 nitrogen and oxygen atoms in total. The largest absolute Gasteiger partial charge is 0.456 e. The van der Waals surface area contributed by atoms with E-state index in [1.165, 1.54) is 53.1 Å². The Morgan fingerprint density at radius 3 is 1.90 bits per heavy atom. The van der Waals surface area contributed by atoms with Crippen LogP contribution in [0.2, 0.25) is 0 Å². The van der Waals surface area contributed by atoms with Crippen LogP contribution in [-0.2, 0) is 0 Å². The van der Waals surface area contributed by atoms with Gasteiger partial charge in [-0.15, -0.1) is 11.3 Å². The lowest BCUT2D eigenvalue weighted by Gasteiger charge is -2.07. The number of benzene rings is 6. The monoisotopic (exact) mass is 515 g/mol. The van der Waals surface area contributed by atoms with Gasteiger partial charge in [-0.2, -0.15) is 0 Å². The third-order valence-corrected chi connectivity index (χ3v) is 9.14. The molecule has 0 aliphatic heterocycles. The Morgan fingerprint density at radius 1 is 0.436 bits per heavy atom. The van der Waals surface area contributed by atoms with Crippen LogP contribution in [0.25, 0.3) is 80.7 Å². The molecule has 6 aromatic carbocycles. The van der Waals surface area contributed by atoms with Crippen LogP contribution in [0, 0.1) is 0 Å². The van der Waals surface area contributed by atoms with Crippen molar-refractivity contribution in [2.75, 3.05) is 0 Å². The first kappa shape index (κ1) is 21.1. The van der Waals surface area contributed by atoms with E-state index >= 15 is 0 Å². The SMILES string of the molecule is c1ccc2c(c1)sc1cc(-c3ccc4oc5cc(-n6c7ccccc7c7ccccc76)ccc5c4c3)ccc12. The Morgan fingerprint density at radius 2 is 1.08 bits per heavy atom. The molecule has 0 spiro atoms. The van der Waals surface area contributed by atoms with Crippen LogP contribution in [0.5, 0.6) is 0 Å². The third-order valence-electron chi connectivity index (χ3n) is 8.01. The first-order valence-electron chi connectivity index (χ1n) is 13.2. The Hall–Kier alpha value is -4.86. The standard InChI is InChI=1S/C36H21NOS/c1-4-10-31-25(7-1)26-8-2-5-11-32(26)37(31)24-15-17-27-30-19-22(14-18-33(30)38-34(27)21-24)23-13-16-29-28-9-3-6-12-35(28)39-36(29)20-23/h1-21H. The van der Waals surface area contributed by atoms with Gasteiger partial charge < -0.3 is 8.98 Å². The summed E-state index contributed by atoms with van der Waals surface area (Å²) in [6, 6.07) is 45.9. The van der Waals surface area contributed by atoms with E-state index in [0.717, 1.165) is 27.6 Å². The summed E-state index contributed by atoms with van der Waals surface area (Å²) in [7, 11) is 0. The Labute approximate surface area is 227 Å². The van der Waals surface area contributed by atoms with Gasteiger partial charge in [-0.05, 0) is 59.7 Å². The smallest absolute Gasteiger partial charge is 0.137 e. The van der Waals surface area contributed by atoms with Gasteiger partial charge in [0.15, 0.2) is 0 Å². The molecular formula is C36H21NOS. The maximum atomic E-state index is 6.41. The van der Waals surface area contributed by atoms with E-state index < -0.39 is 0 Å². The van der Waals surface area contributed by atoms with E-state index in [2.05, 4.69) is 132 Å². The highest BCUT2D eigenvalue weighted by Gasteiger charge is 2.15. The summed E-state index contributed by atoms with van der Waals surface area (Å²) in [5.74, 6) is 0. The molecule has 182 valence electrons. The summed E-state index contributed by atoms with van der Waals surface area (Å²) in [6.07, 6.45) is 0. The number of fused-ring (bicyclic) bond motifs is 9. The Bertz CT molecular complexity index is 2350. The van der Waals surface area contributed by atoms with Crippen molar-refractivity contribution >= 4 is 75.3 Å². The van der Waals surface area contributed by atoms with E-state index in [4.69, 9.17) is 4.42 Å². The highest BCUT2D eigenvalue weighted by molar-refractivity contribution is 7.25. The minimum atomic E-state index is 0.904. The molecular weight excluding hydrogens is 494 g/mol. The third kappa shape index (κ3) is 3.02. The maximum absolute atomic E-state index is 6.41. The minimum absolute atomic E-state index is 0.904. The van der Waals surface area contributed by atoms with E-state index in [1.54, 1.807) is 0 Å². The molecule has 0 aliphatic rings. The van der Waals surface area contributed by atoms with E-state index in [-0.39, 0.29) is 0 Å². The average Bonchev–Trinajstić information content (AvgIpc) is 3.65. The van der Waals surface area contributed by atoms with Gasteiger partial charge >= 0.3 is 0 Å². The lowest BCUT2D eigenvalue weighted by Crippen LogP contribution is -1.93. The normalized spacial score (nSPS) is 12.1. The second kappa shape index (κ2) is 7.83. The van der Waals surface area contributed by atoms with Gasteiger partial charge in [0.05, 0.1) is 11.0 Å². The summed E-state index contributed by atoms with van der Waals surface area (Å²) >= 11 is 1.86. The molecule has 0 atom stereocenters. The zero-order valence-electron chi connectivity index (χ0n) is 20.9. The van der Waals surface area contributed by atoms with Gasteiger partial charge in [-0.1, -0.05) is 72.8 Å². The van der Waals surface area contributed by atoms with Crippen molar-refractivity contribution in [3.8, 4) is 16.8 Å². The molecule has 0 saturated heterocycles. The van der Waals surface area contributed by atoms with Crippen molar-refractivity contribution in [1.29, 1.82) is 0 Å². The molecule has 9 aromatic rings. The molecule has 0 amide bonds. The number of thiophene rings is 1. The lowest BCUT2D eigenvalue weighted by atomic mass is 10.0. The van der Waals surface area contributed by atoms with Crippen LogP contribution < -0.4 is 0 Å². The molecule has 0 bridgehead atoms. The number of furan rings is 1. The minimum Gasteiger partial charge on any atom is -0.456 e. The van der Waals surface area contributed by atoms with Gasteiger partial charge in [0.1, 0.15) is 11.2 Å². The molecule has 0 N–H and O–H groups in total. The molecule has 3 aromatic heterocycles. The van der Waals surface area contributed by atoms with Gasteiger partial charge in [0.25, 0.3) is 0 Å². The molecule has 0 radical (unpaired) electrons. The zero-order chi connectivity index (χ0) is 25.5. The summed E-state index contributed by atoms with van der Waals surface area (Å²) in [5, 5.41) is 7.47. The number of rotatable bonds is 2. The number of aromatic nitrogens is 1. The number of hydrogen-bond acceptors (Lipinski definition) is 2. The first-order valence-corrected chi connectivity index (χ1v) is 14.0. The molecule has 3 heteroatoms. The fourth-order valence-electron chi connectivity index (χ4n) is 6.19. The summed E-state index contributed by atoms with van der Waals surface area (Å²) in [5.41, 5.74) is 7.76. The van der Waals surface area contributed by atoms with Crippen molar-refractivity contribution < 1.29 is 4.42 Å². The number of nitrogens with zero attached hydrogens (tertiary/aromatic N) is 1. The van der Waals surface area contributed by atoms with Crippen LogP contribution in [0.15, 0.2) is 132 Å². The predicted octanol–water partition coefficient (Wildman–Crippen LogP) is 10.7. The van der Waals surface area contributed by atoms with Crippen LogP contribution in [-0.4, -0.2) is 4.57 Å². The van der Waals surface area contributed by atoms with Gasteiger partial charge in [0.2, 0.25) is 0 Å². The van der Waals surface area contributed by atoms with Crippen LogP contribution in [0.1, 0.15) is 0 Å². The summed E-state index contributed by atoms with van der Waals surface area (Å²) in [4.78, 5) is 0. The van der Waals surface area contributed by atoms with Gasteiger partial charge in [-0.25, -0.2) is 0 Å². The van der Waals surface area contributed by atoms with E-state index in [9.17, 15) is 0 Å². The van der Waals surface area contributed by atoms with Gasteiger partial charge in [0, 0.05) is 53.5 Å². The maximum Gasteiger partial charge on any atom is 0.137 e. The van der Waals surface area contributed by atoms with Crippen molar-refractivity contribution in [3.05, 3.63) is 127 Å². The van der Waals surface area contributed by atoms with E-state index in [1.807, 2.05) is 11.3 Å². The first-order chi connectivity index (χ1) is 19.3. The topological polar surface area (TPSA) is 18.1 Å². The summed E-state index contributed by atoms with van der Waals surface area (Å²) in [6.45, 7) is 0. The Balaban J connectivity index is 1.21. The van der Waals surface area contributed by atoms with Crippen molar-refractivity contribution in [3.63, 3.8) is 0 Å². The average molecular weight is 516 g/mol. The molecule has 0 aliphatic carbocycles. The van der Waals surface area contributed by atoms with E-state index in [0.29, 0.717) is 0 Å². The lowest BCUT2D eigenvalue weighted by molar-refractivity contribution is 0.668. The number of hydrogen-bond donors (Lipinski definition) is 0. The molecule has 9 rings (SSSR count). The van der Waals surface area contributed by atoms with Gasteiger partial charge in [-0.3, -0.25) is 0 Å². The molecule has 3 heterocycles. The Kier molecular flexibility index (Phi) is 4.24. The van der Waals surface area contributed by atoms with Crippen LogP contribution >= 0.6 is 11.3 Å². The molecule has 0 fully saturated rings. The van der Waals surface area contributed by atoms with Crippen molar-refractivity contribution in [2.45, 2.75) is 0 Å². The second-order valence-electron chi connectivity index (χ2n) is 10.2. The second-order valence-corrected chi connectivity index (χ2v) is 11.3. The van der Waals surface area contributed by atoms with Crippen molar-refractivity contribution in [2.24, 2.45) is 0 Å². The van der Waals surface area contributed by atoms with Crippen LogP contribution in [0.3, 0.4) is 0 Å². The molecule has 0 unspecified atom stereocenters. The van der Waals surface area contributed by atoms with Crippen molar-refractivity contribution in [1.82, 2.24) is 4.57 Å². The quantitative estimate of drug-likeness (QED) is 0.224. The molecule has 39 heavy (non-hydrogen) atoms. The zero-order valence-corrected chi connectivity index (χ0v) is 21.7. The fourth-order valence-corrected chi connectivity index (χ4v) is 7.34. The van der Waals surface area contributed by atoms with Crippen LogP contribution in [0.4, 0.5) is 0 Å². The highest BCUT2D eigenvalue weighted by Crippen LogP contribution is 2.39. The fraction of sp³-hybridized carbons (Fsp3) is 0. The molecule has 0 saturated carbocycles. The predicted molar refractivity (Wildman–Crippen MR) is 166 cm³/mol. The highest BCUT2D eigenvalue weighted by atomic mass is 32.1. The summed E-state index contributed by atoms with van der Waals surface area (Å²) < 4.78 is 11.4.